The first-order valence-corrected chi connectivity index (χ1v) is 7.37. The number of nitro groups is 1. The molecule has 1 unspecified atom stereocenters. The average Bonchev–Trinajstić information content (AvgIpc) is 2.35. The van der Waals surface area contributed by atoms with Crippen molar-refractivity contribution in [2.45, 2.75) is 26.8 Å². The molecule has 0 spiro atoms. The van der Waals surface area contributed by atoms with Crippen LogP contribution in [0.3, 0.4) is 0 Å². The van der Waals surface area contributed by atoms with Gasteiger partial charge in [0.15, 0.2) is 0 Å². The Morgan fingerprint density at radius 2 is 2.05 bits per heavy atom. The number of carbonyl (C=O) groups is 1. The maximum atomic E-state index is 11.8. The predicted octanol–water partition coefficient (Wildman–Crippen LogP) is 2.77. The van der Waals surface area contributed by atoms with Gasteiger partial charge in [-0.15, -0.1) is 0 Å². The molecule has 0 heterocycles. The van der Waals surface area contributed by atoms with Crippen LogP contribution in [-0.4, -0.2) is 23.4 Å². The molecule has 1 amide bonds. The van der Waals surface area contributed by atoms with Crippen LogP contribution >= 0.6 is 22.6 Å². The van der Waals surface area contributed by atoms with Gasteiger partial charge in [0.05, 0.1) is 8.49 Å². The molecule has 1 aromatic carbocycles. The number of hydrogen-bond acceptors (Lipinski definition) is 4. The number of nitro benzene ring substituents is 1. The zero-order valence-electron chi connectivity index (χ0n) is 11.6. The first-order chi connectivity index (χ1) is 9.31. The van der Waals surface area contributed by atoms with Crippen LogP contribution in [0.1, 0.15) is 20.8 Å². The van der Waals surface area contributed by atoms with Gasteiger partial charge in [0.1, 0.15) is 6.04 Å². The van der Waals surface area contributed by atoms with Crippen molar-refractivity contribution in [3.8, 4) is 0 Å². The van der Waals surface area contributed by atoms with Gasteiger partial charge >= 0.3 is 0 Å². The summed E-state index contributed by atoms with van der Waals surface area (Å²) in [6, 6.07) is 4.30. The summed E-state index contributed by atoms with van der Waals surface area (Å²) >= 11 is 1.91. The first kappa shape index (κ1) is 16.7. The molecule has 0 bridgehead atoms. The number of halogens is 1. The minimum atomic E-state index is -0.426. The lowest BCUT2D eigenvalue weighted by Crippen LogP contribution is -2.39. The van der Waals surface area contributed by atoms with Crippen molar-refractivity contribution in [3.05, 3.63) is 31.9 Å². The summed E-state index contributed by atoms with van der Waals surface area (Å²) in [6.45, 7) is 6.43. The van der Waals surface area contributed by atoms with Crippen molar-refractivity contribution in [1.29, 1.82) is 0 Å². The van der Waals surface area contributed by atoms with Crippen molar-refractivity contribution in [1.82, 2.24) is 5.32 Å². The second-order valence-electron chi connectivity index (χ2n) is 4.93. The quantitative estimate of drug-likeness (QED) is 0.444. The van der Waals surface area contributed by atoms with Crippen LogP contribution in [0.15, 0.2) is 18.2 Å². The largest absolute Gasteiger partial charge is 0.374 e. The van der Waals surface area contributed by atoms with Gasteiger partial charge in [-0.1, -0.05) is 13.8 Å². The Balaban J connectivity index is 2.66. The van der Waals surface area contributed by atoms with Gasteiger partial charge in [0.2, 0.25) is 5.91 Å². The lowest BCUT2D eigenvalue weighted by molar-refractivity contribution is -0.385. The fourth-order valence-electron chi connectivity index (χ4n) is 1.52. The molecule has 0 fully saturated rings. The number of anilines is 1. The van der Waals surface area contributed by atoms with Crippen molar-refractivity contribution >= 4 is 39.9 Å². The highest BCUT2D eigenvalue weighted by atomic mass is 127. The number of amides is 1. The summed E-state index contributed by atoms with van der Waals surface area (Å²) in [5.41, 5.74) is 0.750. The van der Waals surface area contributed by atoms with Crippen molar-refractivity contribution in [2.24, 2.45) is 5.92 Å². The van der Waals surface area contributed by atoms with E-state index in [4.69, 9.17) is 0 Å². The average molecular weight is 391 g/mol. The molecular formula is C13H18IN3O3. The molecule has 0 saturated heterocycles. The van der Waals surface area contributed by atoms with Crippen molar-refractivity contribution in [2.75, 3.05) is 11.9 Å². The zero-order valence-corrected chi connectivity index (χ0v) is 13.8. The van der Waals surface area contributed by atoms with E-state index in [0.717, 1.165) is 0 Å². The molecular weight excluding hydrogens is 373 g/mol. The van der Waals surface area contributed by atoms with Gasteiger partial charge in [0.25, 0.3) is 5.69 Å². The van der Waals surface area contributed by atoms with E-state index in [9.17, 15) is 14.9 Å². The molecule has 0 radical (unpaired) electrons. The second-order valence-corrected chi connectivity index (χ2v) is 6.09. The first-order valence-electron chi connectivity index (χ1n) is 6.29. The van der Waals surface area contributed by atoms with E-state index >= 15 is 0 Å². The summed E-state index contributed by atoms with van der Waals surface area (Å²) in [5, 5.41) is 16.6. The summed E-state index contributed by atoms with van der Waals surface area (Å²) in [5.74, 6) is 0.304. The van der Waals surface area contributed by atoms with Gasteiger partial charge in [0, 0.05) is 18.3 Å². The number of carbonyl (C=O) groups excluding carboxylic acids is 1. The zero-order chi connectivity index (χ0) is 15.3. The number of nitrogens with one attached hydrogen (secondary N) is 2. The van der Waals surface area contributed by atoms with E-state index in [1.165, 1.54) is 6.07 Å². The molecule has 1 atom stereocenters. The molecule has 20 heavy (non-hydrogen) atoms. The SMILES string of the molecule is CC(C)CNC(=O)C(C)Nc1ccc([N+](=O)[O-])c(I)c1. The Bertz CT molecular complexity index is 506. The van der Waals surface area contributed by atoms with E-state index in [1.54, 1.807) is 19.1 Å². The molecule has 2 N–H and O–H groups in total. The maximum absolute atomic E-state index is 11.8. The van der Waals surface area contributed by atoms with Crippen LogP contribution in [0.4, 0.5) is 11.4 Å². The fourth-order valence-corrected chi connectivity index (χ4v) is 2.23. The molecule has 1 aromatic rings. The van der Waals surface area contributed by atoms with Crippen LogP contribution in [0.25, 0.3) is 0 Å². The molecule has 1 rings (SSSR count). The molecule has 110 valence electrons. The van der Waals surface area contributed by atoms with E-state index in [1.807, 2.05) is 36.4 Å². The van der Waals surface area contributed by atoms with Gasteiger partial charge in [-0.05, 0) is 47.6 Å². The molecule has 0 aromatic heterocycles. The number of rotatable bonds is 6. The van der Waals surface area contributed by atoms with Crippen LogP contribution in [0.2, 0.25) is 0 Å². The highest BCUT2D eigenvalue weighted by Gasteiger charge is 2.15. The van der Waals surface area contributed by atoms with E-state index < -0.39 is 11.0 Å². The lowest BCUT2D eigenvalue weighted by Gasteiger charge is -2.16. The van der Waals surface area contributed by atoms with Crippen molar-refractivity contribution < 1.29 is 9.72 Å². The lowest BCUT2D eigenvalue weighted by atomic mass is 10.2. The standard InChI is InChI=1S/C13H18IN3O3/c1-8(2)7-15-13(18)9(3)16-10-4-5-12(17(19)20)11(14)6-10/h4-6,8-9,16H,7H2,1-3H3,(H,15,18). The van der Waals surface area contributed by atoms with Crippen LogP contribution < -0.4 is 10.6 Å². The maximum Gasteiger partial charge on any atom is 0.282 e. The molecule has 0 aliphatic heterocycles. The molecule has 7 heteroatoms. The monoisotopic (exact) mass is 391 g/mol. The minimum Gasteiger partial charge on any atom is -0.374 e. The molecule has 0 aliphatic carbocycles. The van der Waals surface area contributed by atoms with Crippen LogP contribution in [0, 0.1) is 19.6 Å². The Morgan fingerprint density at radius 1 is 1.40 bits per heavy atom. The predicted molar refractivity (Wildman–Crippen MR) is 86.7 cm³/mol. The number of benzene rings is 1. The summed E-state index contributed by atoms with van der Waals surface area (Å²) in [6.07, 6.45) is 0. The van der Waals surface area contributed by atoms with Crippen molar-refractivity contribution in [3.63, 3.8) is 0 Å². The third-order valence-electron chi connectivity index (χ3n) is 2.61. The molecule has 6 nitrogen and oxygen atoms in total. The van der Waals surface area contributed by atoms with Gasteiger partial charge in [-0.2, -0.15) is 0 Å². The Labute approximate surface area is 131 Å². The number of nitrogens with zero attached hydrogens (tertiary/aromatic N) is 1. The molecule has 0 aliphatic rings. The number of hydrogen-bond donors (Lipinski definition) is 2. The van der Waals surface area contributed by atoms with E-state index in [2.05, 4.69) is 10.6 Å². The van der Waals surface area contributed by atoms with Gasteiger partial charge < -0.3 is 10.6 Å². The van der Waals surface area contributed by atoms with Gasteiger partial charge in [-0.25, -0.2) is 0 Å². The van der Waals surface area contributed by atoms with Gasteiger partial charge in [-0.3, -0.25) is 14.9 Å². The third-order valence-corrected chi connectivity index (χ3v) is 3.47. The summed E-state index contributed by atoms with van der Waals surface area (Å²) < 4.78 is 0.535. The fraction of sp³-hybridized carbons (Fsp3) is 0.462. The Kier molecular flexibility index (Phi) is 6.18. The Morgan fingerprint density at radius 3 is 2.55 bits per heavy atom. The third kappa shape index (κ3) is 4.95. The minimum absolute atomic E-state index is 0.0630. The highest BCUT2D eigenvalue weighted by molar-refractivity contribution is 14.1. The van der Waals surface area contributed by atoms with E-state index in [0.29, 0.717) is 21.7 Å². The normalized spacial score (nSPS) is 12.1. The smallest absolute Gasteiger partial charge is 0.282 e. The topological polar surface area (TPSA) is 84.3 Å². The second kappa shape index (κ2) is 7.41. The van der Waals surface area contributed by atoms with Crippen LogP contribution in [-0.2, 0) is 4.79 Å². The summed E-state index contributed by atoms with van der Waals surface area (Å²) in [4.78, 5) is 22.1. The Hall–Kier alpha value is -1.38. The van der Waals surface area contributed by atoms with E-state index in [-0.39, 0.29) is 11.6 Å². The van der Waals surface area contributed by atoms with Crippen LogP contribution in [0.5, 0.6) is 0 Å². The highest BCUT2D eigenvalue weighted by Crippen LogP contribution is 2.24. The molecule has 0 saturated carbocycles. The summed E-state index contributed by atoms with van der Waals surface area (Å²) in [7, 11) is 0.